The van der Waals surface area contributed by atoms with Gasteiger partial charge in [0.1, 0.15) is 18.5 Å². The summed E-state index contributed by atoms with van der Waals surface area (Å²) in [6, 6.07) is 15.8. The van der Waals surface area contributed by atoms with Gasteiger partial charge in [0.2, 0.25) is 5.95 Å². The molecule has 0 radical (unpaired) electrons. The number of nitrogens with zero attached hydrogens (tertiary/aromatic N) is 4. The summed E-state index contributed by atoms with van der Waals surface area (Å²) in [4.78, 5) is 30.0. The number of rotatable bonds is 9. The highest BCUT2D eigenvalue weighted by Gasteiger charge is 2.21. The van der Waals surface area contributed by atoms with Gasteiger partial charge in [0.05, 0.1) is 6.54 Å². The predicted molar refractivity (Wildman–Crippen MR) is 136 cm³/mol. The number of fused-ring (bicyclic) bond motifs is 1. The van der Waals surface area contributed by atoms with Crippen LogP contribution in [0.1, 0.15) is 16.7 Å². The highest BCUT2D eigenvalue weighted by atomic mass is 16.5. The second-order valence-corrected chi connectivity index (χ2v) is 8.80. The molecular formula is C26H31N5O4. The Balaban J connectivity index is 1.60. The second kappa shape index (κ2) is 10.2. The van der Waals surface area contributed by atoms with E-state index in [0.717, 1.165) is 27.7 Å². The Hall–Kier alpha value is -3.85. The van der Waals surface area contributed by atoms with Gasteiger partial charge in [-0.25, -0.2) is 4.79 Å². The summed E-state index contributed by atoms with van der Waals surface area (Å²) in [6.07, 6.45) is -0.162. The van der Waals surface area contributed by atoms with Gasteiger partial charge < -0.3 is 19.7 Å². The Morgan fingerprint density at radius 1 is 1.03 bits per heavy atom. The molecule has 0 amide bonds. The summed E-state index contributed by atoms with van der Waals surface area (Å²) in [6.45, 7) is 4.71. The summed E-state index contributed by atoms with van der Waals surface area (Å²) in [7, 11) is 3.01. The van der Waals surface area contributed by atoms with E-state index in [2.05, 4.69) is 10.3 Å². The third-order valence-electron chi connectivity index (χ3n) is 6.20. The van der Waals surface area contributed by atoms with Gasteiger partial charge in [-0.15, -0.1) is 0 Å². The third kappa shape index (κ3) is 5.14. The largest absolute Gasteiger partial charge is 0.491 e. The molecule has 9 heteroatoms. The van der Waals surface area contributed by atoms with Crippen molar-refractivity contribution >= 4 is 17.1 Å². The number of aryl methyl sites for hydroxylation is 3. The van der Waals surface area contributed by atoms with Crippen molar-refractivity contribution in [1.82, 2.24) is 18.7 Å². The van der Waals surface area contributed by atoms with Gasteiger partial charge in [-0.1, -0.05) is 36.4 Å². The fourth-order valence-corrected chi connectivity index (χ4v) is 3.98. The quantitative estimate of drug-likeness (QED) is 0.383. The molecule has 0 bridgehead atoms. The van der Waals surface area contributed by atoms with E-state index < -0.39 is 17.4 Å². The van der Waals surface area contributed by atoms with Crippen molar-refractivity contribution in [2.75, 3.05) is 18.5 Å². The molecule has 0 unspecified atom stereocenters. The second-order valence-electron chi connectivity index (χ2n) is 8.80. The van der Waals surface area contributed by atoms with Crippen LogP contribution in [0.2, 0.25) is 0 Å². The van der Waals surface area contributed by atoms with E-state index in [0.29, 0.717) is 18.2 Å². The van der Waals surface area contributed by atoms with Gasteiger partial charge in [-0.05, 0) is 49.1 Å². The summed E-state index contributed by atoms with van der Waals surface area (Å²) >= 11 is 0. The van der Waals surface area contributed by atoms with Crippen molar-refractivity contribution in [2.24, 2.45) is 14.1 Å². The fraction of sp³-hybridized carbons (Fsp3) is 0.346. The van der Waals surface area contributed by atoms with Gasteiger partial charge in [0, 0.05) is 20.6 Å². The van der Waals surface area contributed by atoms with E-state index >= 15 is 0 Å². The summed E-state index contributed by atoms with van der Waals surface area (Å²) < 4.78 is 9.82. The van der Waals surface area contributed by atoms with Crippen LogP contribution in [0.3, 0.4) is 0 Å². The maximum Gasteiger partial charge on any atom is 0.332 e. The van der Waals surface area contributed by atoms with Gasteiger partial charge >= 0.3 is 5.69 Å². The zero-order valence-corrected chi connectivity index (χ0v) is 20.5. The molecule has 2 aromatic heterocycles. The fourth-order valence-electron chi connectivity index (χ4n) is 3.98. The highest BCUT2D eigenvalue weighted by Crippen LogP contribution is 2.19. The molecule has 0 aliphatic heterocycles. The normalized spacial score (nSPS) is 12.1. The molecule has 4 rings (SSSR count). The number of imidazole rings is 1. The number of hydrogen-bond acceptors (Lipinski definition) is 6. The number of ether oxygens (including phenoxy) is 1. The first-order chi connectivity index (χ1) is 16.8. The van der Waals surface area contributed by atoms with Crippen LogP contribution in [-0.2, 0) is 27.1 Å². The van der Waals surface area contributed by atoms with Crippen LogP contribution in [0.4, 0.5) is 5.95 Å². The van der Waals surface area contributed by atoms with Crippen molar-refractivity contribution in [3.63, 3.8) is 0 Å². The smallest absolute Gasteiger partial charge is 0.332 e. The Kier molecular flexibility index (Phi) is 7.07. The molecule has 0 aliphatic rings. The van der Waals surface area contributed by atoms with Crippen molar-refractivity contribution in [2.45, 2.75) is 32.9 Å². The molecule has 2 heterocycles. The lowest BCUT2D eigenvalue weighted by molar-refractivity contribution is 0.0938. The third-order valence-corrected chi connectivity index (χ3v) is 6.20. The molecule has 0 aliphatic carbocycles. The standard InChI is InChI=1S/C26H31N5O4/c1-17-10-11-21(14-18(17)2)35-16-20(32)15-31-22-23(29(3)26(34)30(4)24(22)33)28-25(31)27-13-12-19-8-6-5-7-9-19/h5-11,14,20,32H,12-13,15-16H2,1-4H3,(H,27,28)/t20-/m1/s1. The lowest BCUT2D eigenvalue weighted by Gasteiger charge is -2.16. The first-order valence-corrected chi connectivity index (χ1v) is 11.6. The molecule has 2 aromatic carbocycles. The first kappa shape index (κ1) is 24.3. The van der Waals surface area contributed by atoms with Crippen molar-refractivity contribution in [3.05, 3.63) is 86.1 Å². The maximum atomic E-state index is 13.0. The Morgan fingerprint density at radius 3 is 2.49 bits per heavy atom. The van der Waals surface area contributed by atoms with Gasteiger partial charge in [0.25, 0.3) is 5.56 Å². The number of benzene rings is 2. The molecular weight excluding hydrogens is 446 g/mol. The summed E-state index contributed by atoms with van der Waals surface area (Å²) in [5.74, 6) is 1.08. The zero-order valence-electron chi connectivity index (χ0n) is 20.5. The monoisotopic (exact) mass is 477 g/mol. The molecule has 0 saturated carbocycles. The van der Waals surface area contributed by atoms with Crippen LogP contribution in [0, 0.1) is 13.8 Å². The van der Waals surface area contributed by atoms with E-state index in [1.54, 1.807) is 11.6 Å². The maximum absolute atomic E-state index is 13.0. The van der Waals surface area contributed by atoms with Gasteiger partial charge in [-0.2, -0.15) is 4.98 Å². The average molecular weight is 478 g/mol. The molecule has 1 atom stereocenters. The topological polar surface area (TPSA) is 103 Å². The van der Waals surface area contributed by atoms with Crippen LogP contribution in [0.15, 0.2) is 58.1 Å². The van der Waals surface area contributed by atoms with Crippen molar-refractivity contribution in [1.29, 1.82) is 0 Å². The number of hydrogen-bond donors (Lipinski definition) is 2. The van der Waals surface area contributed by atoms with Crippen LogP contribution in [0.5, 0.6) is 5.75 Å². The molecule has 184 valence electrons. The predicted octanol–water partition coefficient (Wildman–Crippen LogP) is 2.15. The van der Waals surface area contributed by atoms with Crippen molar-refractivity contribution < 1.29 is 9.84 Å². The Labute approximate surface area is 203 Å². The van der Waals surface area contributed by atoms with Crippen LogP contribution < -0.4 is 21.3 Å². The molecule has 2 N–H and O–H groups in total. The molecule has 9 nitrogen and oxygen atoms in total. The lowest BCUT2D eigenvalue weighted by atomic mass is 10.1. The number of aliphatic hydroxyl groups excluding tert-OH is 1. The summed E-state index contributed by atoms with van der Waals surface area (Å²) in [5.41, 5.74) is 3.02. The van der Waals surface area contributed by atoms with Crippen LogP contribution in [-0.4, -0.2) is 43.0 Å². The number of anilines is 1. The Morgan fingerprint density at radius 2 is 1.77 bits per heavy atom. The molecule has 0 saturated heterocycles. The number of nitrogens with one attached hydrogen (secondary N) is 1. The molecule has 4 aromatic rings. The SMILES string of the molecule is Cc1ccc(OC[C@H](O)Cn2c(NCCc3ccccc3)nc3c2c(=O)n(C)c(=O)n3C)cc1C. The van der Waals surface area contributed by atoms with E-state index in [1.165, 1.54) is 11.6 Å². The van der Waals surface area contributed by atoms with Crippen molar-refractivity contribution in [3.8, 4) is 5.75 Å². The van der Waals surface area contributed by atoms with Crippen LogP contribution in [0.25, 0.3) is 11.2 Å². The number of aliphatic hydroxyl groups is 1. The van der Waals surface area contributed by atoms with E-state index in [4.69, 9.17) is 4.74 Å². The van der Waals surface area contributed by atoms with E-state index in [-0.39, 0.29) is 24.3 Å². The van der Waals surface area contributed by atoms with Gasteiger partial charge in [-0.3, -0.25) is 13.9 Å². The minimum atomic E-state index is -0.911. The van der Waals surface area contributed by atoms with Crippen LogP contribution >= 0.6 is 0 Å². The first-order valence-electron chi connectivity index (χ1n) is 11.6. The van der Waals surface area contributed by atoms with E-state index in [9.17, 15) is 14.7 Å². The Bertz CT molecular complexity index is 1450. The summed E-state index contributed by atoms with van der Waals surface area (Å²) in [5, 5.41) is 14.1. The molecule has 0 spiro atoms. The van der Waals surface area contributed by atoms with E-state index in [1.807, 2.05) is 62.4 Å². The highest BCUT2D eigenvalue weighted by molar-refractivity contribution is 5.74. The van der Waals surface area contributed by atoms with Gasteiger partial charge in [0.15, 0.2) is 11.2 Å². The molecule has 35 heavy (non-hydrogen) atoms. The molecule has 0 fully saturated rings. The number of aromatic nitrogens is 4. The lowest BCUT2D eigenvalue weighted by Crippen LogP contribution is -2.38. The minimum absolute atomic E-state index is 0.0394. The minimum Gasteiger partial charge on any atom is -0.491 e. The average Bonchev–Trinajstić information content (AvgIpc) is 3.21. The zero-order chi connectivity index (χ0) is 25.1.